The Hall–Kier alpha value is -1.48. The van der Waals surface area contributed by atoms with Gasteiger partial charge in [0, 0.05) is 52.9 Å². The zero-order valence-corrected chi connectivity index (χ0v) is 16.9. The Morgan fingerprint density at radius 3 is 2.35 bits per heavy atom. The molecule has 1 fully saturated rings. The first-order valence-corrected chi connectivity index (χ1v) is 10.4. The van der Waals surface area contributed by atoms with Crippen LogP contribution in [0, 0.1) is 0 Å². The molecule has 1 N–H and O–H groups in total. The molecule has 0 radical (unpaired) electrons. The quantitative estimate of drug-likeness (QED) is 0.747. The van der Waals surface area contributed by atoms with E-state index in [9.17, 15) is 13.2 Å². The zero-order chi connectivity index (χ0) is 19.3. The Morgan fingerprint density at radius 2 is 1.77 bits per heavy atom. The lowest BCUT2D eigenvalue weighted by atomic mass is 10.2. The van der Waals surface area contributed by atoms with Crippen molar-refractivity contribution >= 4 is 15.9 Å². The number of nitrogens with one attached hydrogen (secondary N) is 1. The summed E-state index contributed by atoms with van der Waals surface area (Å²) in [6, 6.07) is 7.28. The van der Waals surface area contributed by atoms with Crippen molar-refractivity contribution in [1.29, 1.82) is 0 Å². The van der Waals surface area contributed by atoms with E-state index < -0.39 is 10.0 Å². The lowest BCUT2D eigenvalue weighted by Gasteiger charge is -2.34. The molecule has 1 aliphatic heterocycles. The molecule has 1 aliphatic rings. The fraction of sp³-hybridized carbons (Fsp3) is 0.611. The van der Waals surface area contributed by atoms with Gasteiger partial charge in [0.25, 0.3) is 0 Å². The number of nitrogens with zero attached hydrogens (tertiary/aromatic N) is 3. The molecule has 0 atom stereocenters. The van der Waals surface area contributed by atoms with Gasteiger partial charge < -0.3 is 5.32 Å². The second kappa shape index (κ2) is 8.94. The first-order valence-electron chi connectivity index (χ1n) is 8.94. The molecule has 1 saturated heterocycles. The fourth-order valence-electron chi connectivity index (χ4n) is 2.95. The molecule has 2 rings (SSSR count). The molecule has 1 aromatic rings. The molecular formula is C18H30N4O3S. The minimum absolute atomic E-state index is 0.0649. The molecule has 0 aliphatic carbocycles. The van der Waals surface area contributed by atoms with E-state index in [1.54, 1.807) is 18.2 Å². The molecule has 0 bridgehead atoms. The number of benzene rings is 1. The average molecular weight is 383 g/mol. The van der Waals surface area contributed by atoms with Gasteiger partial charge in [0.2, 0.25) is 15.9 Å². The number of rotatable bonds is 7. The Morgan fingerprint density at radius 1 is 1.15 bits per heavy atom. The van der Waals surface area contributed by atoms with Crippen LogP contribution in [0.1, 0.15) is 19.4 Å². The maximum Gasteiger partial charge on any atom is 0.242 e. The van der Waals surface area contributed by atoms with E-state index >= 15 is 0 Å². The highest BCUT2D eigenvalue weighted by Gasteiger charge is 2.21. The van der Waals surface area contributed by atoms with E-state index in [1.807, 2.05) is 19.9 Å². The maximum atomic E-state index is 12.3. The van der Waals surface area contributed by atoms with Gasteiger partial charge in [0.05, 0.1) is 11.4 Å². The zero-order valence-electron chi connectivity index (χ0n) is 16.1. The molecule has 7 nitrogen and oxygen atoms in total. The number of amides is 1. The first kappa shape index (κ1) is 20.8. The SMILES string of the molecule is CC(C)NC(=O)CN1CCN(Cc2cccc(S(=O)(=O)N(C)C)c2)CC1. The van der Waals surface area contributed by atoms with Crippen LogP contribution in [0.5, 0.6) is 0 Å². The predicted octanol–water partition coefficient (Wildman–Crippen LogP) is 0.579. The Bertz CT molecular complexity index is 711. The molecule has 8 heteroatoms. The van der Waals surface area contributed by atoms with Crippen molar-refractivity contribution in [2.24, 2.45) is 0 Å². The first-order chi connectivity index (χ1) is 12.2. The highest BCUT2D eigenvalue weighted by Crippen LogP contribution is 2.16. The van der Waals surface area contributed by atoms with Gasteiger partial charge >= 0.3 is 0 Å². The maximum absolute atomic E-state index is 12.3. The average Bonchev–Trinajstić information content (AvgIpc) is 2.56. The second-order valence-corrected chi connectivity index (χ2v) is 9.36. The van der Waals surface area contributed by atoms with E-state index in [2.05, 4.69) is 15.1 Å². The van der Waals surface area contributed by atoms with Gasteiger partial charge in [-0.15, -0.1) is 0 Å². The Balaban J connectivity index is 1.89. The van der Waals surface area contributed by atoms with Gasteiger partial charge in [-0.2, -0.15) is 0 Å². The monoisotopic (exact) mass is 382 g/mol. The third kappa shape index (κ3) is 5.77. The number of carbonyl (C=O) groups excluding carboxylic acids is 1. The molecule has 0 spiro atoms. The van der Waals surface area contributed by atoms with Crippen LogP contribution in [-0.2, 0) is 21.4 Å². The minimum Gasteiger partial charge on any atom is -0.353 e. The van der Waals surface area contributed by atoms with E-state index in [0.29, 0.717) is 18.0 Å². The second-order valence-electron chi connectivity index (χ2n) is 7.21. The molecule has 26 heavy (non-hydrogen) atoms. The molecule has 1 amide bonds. The van der Waals surface area contributed by atoms with Crippen molar-refractivity contribution < 1.29 is 13.2 Å². The Labute approximate surface area is 157 Å². The summed E-state index contributed by atoms with van der Waals surface area (Å²) in [5.74, 6) is 0.0649. The summed E-state index contributed by atoms with van der Waals surface area (Å²) in [4.78, 5) is 16.6. The van der Waals surface area contributed by atoms with Crippen molar-refractivity contribution in [3.63, 3.8) is 0 Å². The number of carbonyl (C=O) groups is 1. The largest absolute Gasteiger partial charge is 0.353 e. The normalized spacial score (nSPS) is 17.0. The summed E-state index contributed by atoms with van der Waals surface area (Å²) >= 11 is 0. The highest BCUT2D eigenvalue weighted by molar-refractivity contribution is 7.89. The van der Waals surface area contributed by atoms with Crippen LogP contribution in [0.15, 0.2) is 29.2 Å². The summed E-state index contributed by atoms with van der Waals surface area (Å²) in [6.07, 6.45) is 0. The number of piperazine rings is 1. The molecule has 1 aromatic carbocycles. The van der Waals surface area contributed by atoms with Crippen LogP contribution >= 0.6 is 0 Å². The molecule has 0 aromatic heterocycles. The lowest BCUT2D eigenvalue weighted by Crippen LogP contribution is -2.49. The van der Waals surface area contributed by atoms with Gasteiger partial charge in [0.15, 0.2) is 0 Å². The lowest BCUT2D eigenvalue weighted by molar-refractivity contribution is -0.123. The summed E-state index contributed by atoms with van der Waals surface area (Å²) < 4.78 is 25.8. The topological polar surface area (TPSA) is 73.0 Å². The van der Waals surface area contributed by atoms with Crippen LogP contribution in [0.25, 0.3) is 0 Å². The highest BCUT2D eigenvalue weighted by atomic mass is 32.2. The van der Waals surface area contributed by atoms with Crippen LogP contribution in [0.3, 0.4) is 0 Å². The smallest absolute Gasteiger partial charge is 0.242 e. The van der Waals surface area contributed by atoms with Crippen molar-refractivity contribution in [2.45, 2.75) is 31.3 Å². The van der Waals surface area contributed by atoms with Crippen molar-refractivity contribution in [2.75, 3.05) is 46.8 Å². The van der Waals surface area contributed by atoms with Gasteiger partial charge in [-0.05, 0) is 31.5 Å². The molecule has 1 heterocycles. The third-order valence-corrected chi connectivity index (χ3v) is 6.18. The fourth-order valence-corrected chi connectivity index (χ4v) is 3.92. The van der Waals surface area contributed by atoms with Gasteiger partial charge in [0.1, 0.15) is 0 Å². The van der Waals surface area contributed by atoms with E-state index in [0.717, 1.165) is 31.7 Å². The van der Waals surface area contributed by atoms with Gasteiger partial charge in [-0.3, -0.25) is 14.6 Å². The van der Waals surface area contributed by atoms with Crippen molar-refractivity contribution in [3.05, 3.63) is 29.8 Å². The van der Waals surface area contributed by atoms with Crippen LogP contribution < -0.4 is 5.32 Å². The summed E-state index contributed by atoms with van der Waals surface area (Å²) in [6.45, 7) is 8.45. The number of hydrogen-bond acceptors (Lipinski definition) is 5. The standard InChI is InChI=1S/C18H30N4O3S/c1-15(2)19-18(23)14-22-10-8-21(9-11-22)13-16-6-5-7-17(12-16)26(24,25)20(3)4/h5-7,12,15H,8-11,13-14H2,1-4H3,(H,19,23). The van der Waals surface area contributed by atoms with Crippen LogP contribution in [0.2, 0.25) is 0 Å². The summed E-state index contributed by atoms with van der Waals surface area (Å²) in [5, 5.41) is 2.92. The number of hydrogen-bond donors (Lipinski definition) is 1. The van der Waals surface area contributed by atoms with Crippen LogP contribution in [0.4, 0.5) is 0 Å². The predicted molar refractivity (Wildman–Crippen MR) is 102 cm³/mol. The molecule has 0 unspecified atom stereocenters. The van der Waals surface area contributed by atoms with Crippen LogP contribution in [-0.4, -0.2) is 81.3 Å². The summed E-state index contributed by atoms with van der Waals surface area (Å²) in [7, 11) is -0.334. The van der Waals surface area contributed by atoms with Crippen molar-refractivity contribution in [1.82, 2.24) is 19.4 Å². The van der Waals surface area contributed by atoms with E-state index in [-0.39, 0.29) is 11.9 Å². The number of sulfonamides is 1. The minimum atomic E-state index is -3.41. The third-order valence-electron chi connectivity index (χ3n) is 4.36. The molecule has 0 saturated carbocycles. The molecular weight excluding hydrogens is 352 g/mol. The molecule has 146 valence electrons. The van der Waals surface area contributed by atoms with Gasteiger partial charge in [-0.1, -0.05) is 12.1 Å². The van der Waals surface area contributed by atoms with E-state index in [1.165, 1.54) is 18.4 Å². The van der Waals surface area contributed by atoms with Crippen molar-refractivity contribution in [3.8, 4) is 0 Å². The Kier molecular flexibility index (Phi) is 7.16. The van der Waals surface area contributed by atoms with Gasteiger partial charge in [-0.25, -0.2) is 12.7 Å². The van der Waals surface area contributed by atoms with E-state index in [4.69, 9.17) is 0 Å². The summed E-state index contributed by atoms with van der Waals surface area (Å²) in [5.41, 5.74) is 0.985.